The Balaban J connectivity index is 1.70. The second-order valence-electron chi connectivity index (χ2n) is 7.74. The first-order chi connectivity index (χ1) is 15.4. The van der Waals surface area contributed by atoms with Crippen LogP contribution in [-0.4, -0.2) is 23.4 Å². The normalized spacial score (nSPS) is 15.4. The largest absolute Gasteiger partial charge is 0.453 e. The summed E-state index contributed by atoms with van der Waals surface area (Å²) < 4.78 is 5.43. The van der Waals surface area contributed by atoms with E-state index in [2.05, 4.69) is 5.32 Å². The Bertz CT molecular complexity index is 1230. The zero-order valence-electron chi connectivity index (χ0n) is 17.6. The second-order valence-corrected chi connectivity index (χ2v) is 7.74. The third kappa shape index (κ3) is 3.95. The van der Waals surface area contributed by atoms with Crippen molar-refractivity contribution in [2.24, 2.45) is 5.92 Å². The number of anilines is 1. The van der Waals surface area contributed by atoms with E-state index < -0.39 is 35.5 Å². The predicted molar refractivity (Wildman–Crippen MR) is 118 cm³/mol. The van der Waals surface area contributed by atoms with Crippen LogP contribution in [0.15, 0.2) is 72.8 Å². The minimum atomic E-state index is -1.50. The zero-order valence-corrected chi connectivity index (χ0v) is 17.6. The van der Waals surface area contributed by atoms with Gasteiger partial charge in [0.1, 0.15) is 12.0 Å². The van der Waals surface area contributed by atoms with Crippen LogP contribution >= 0.6 is 0 Å². The molecule has 1 N–H and O–H groups in total. The molecule has 3 aromatic rings. The van der Waals surface area contributed by atoms with Gasteiger partial charge < -0.3 is 10.1 Å². The van der Waals surface area contributed by atoms with Gasteiger partial charge in [-0.05, 0) is 43.2 Å². The van der Waals surface area contributed by atoms with Gasteiger partial charge in [-0.1, -0.05) is 54.6 Å². The number of nitrogens with one attached hydrogen (secondary N) is 1. The second kappa shape index (κ2) is 8.59. The minimum absolute atomic E-state index is 0.255. The van der Waals surface area contributed by atoms with E-state index >= 15 is 0 Å². The fourth-order valence-corrected chi connectivity index (χ4v) is 3.75. The van der Waals surface area contributed by atoms with Crippen molar-refractivity contribution in [3.63, 3.8) is 0 Å². The highest BCUT2D eigenvalue weighted by Crippen LogP contribution is 2.38. The molecular formula is C26H21NO5. The number of esters is 1. The molecule has 6 nitrogen and oxygen atoms in total. The number of ketones is 2. The van der Waals surface area contributed by atoms with Crippen LogP contribution in [0.1, 0.15) is 43.5 Å². The maximum absolute atomic E-state index is 13.4. The van der Waals surface area contributed by atoms with Gasteiger partial charge in [-0.15, -0.1) is 0 Å². The molecule has 0 aliphatic carbocycles. The maximum Gasteiger partial charge on any atom is 0.339 e. The highest BCUT2D eigenvalue weighted by molar-refractivity contribution is 6.45. The van der Waals surface area contributed by atoms with Crippen LogP contribution in [0.3, 0.4) is 0 Å². The summed E-state index contributed by atoms with van der Waals surface area (Å²) in [4.78, 5) is 51.9. The molecule has 0 aromatic heterocycles. The maximum atomic E-state index is 13.4. The van der Waals surface area contributed by atoms with Gasteiger partial charge in [0.15, 0.2) is 5.78 Å². The average molecular weight is 427 g/mol. The number of carbonyl (C=O) groups excluding carboxylic acids is 4. The van der Waals surface area contributed by atoms with Crippen molar-refractivity contribution in [2.45, 2.75) is 20.0 Å². The van der Waals surface area contributed by atoms with Gasteiger partial charge >= 0.3 is 5.97 Å². The molecule has 32 heavy (non-hydrogen) atoms. The van der Waals surface area contributed by atoms with Crippen LogP contribution in [0.4, 0.5) is 5.69 Å². The van der Waals surface area contributed by atoms with Crippen molar-refractivity contribution in [1.29, 1.82) is 0 Å². The number of hydrogen-bond donors (Lipinski definition) is 1. The van der Waals surface area contributed by atoms with Gasteiger partial charge in [0.2, 0.25) is 5.78 Å². The molecule has 0 radical (unpaired) electrons. The number of fused-ring (bicyclic) bond motifs is 1. The molecule has 0 bridgehead atoms. The molecule has 2 atom stereocenters. The summed E-state index contributed by atoms with van der Waals surface area (Å²) in [7, 11) is 0. The molecule has 1 amide bonds. The van der Waals surface area contributed by atoms with E-state index in [0.29, 0.717) is 11.3 Å². The molecule has 1 aliphatic heterocycles. The number of hydrogen-bond acceptors (Lipinski definition) is 5. The first kappa shape index (κ1) is 21.2. The molecule has 0 unspecified atom stereocenters. The zero-order chi connectivity index (χ0) is 22.8. The Morgan fingerprint density at radius 1 is 0.875 bits per heavy atom. The Hall–Kier alpha value is -4.06. The van der Waals surface area contributed by atoms with E-state index in [1.165, 1.54) is 0 Å². The highest BCUT2D eigenvalue weighted by atomic mass is 16.5. The van der Waals surface area contributed by atoms with E-state index in [4.69, 9.17) is 4.74 Å². The summed E-state index contributed by atoms with van der Waals surface area (Å²) in [5.41, 5.74) is 3.39. The molecule has 160 valence electrons. The van der Waals surface area contributed by atoms with Crippen LogP contribution in [0, 0.1) is 19.8 Å². The van der Waals surface area contributed by atoms with E-state index in [1.807, 2.05) is 19.9 Å². The summed E-state index contributed by atoms with van der Waals surface area (Å²) in [6.45, 7) is 3.83. The molecular weight excluding hydrogens is 406 g/mol. The van der Waals surface area contributed by atoms with E-state index in [9.17, 15) is 19.2 Å². The van der Waals surface area contributed by atoms with Crippen molar-refractivity contribution in [3.8, 4) is 0 Å². The van der Waals surface area contributed by atoms with Crippen molar-refractivity contribution < 1.29 is 23.9 Å². The first-order valence-corrected chi connectivity index (χ1v) is 10.2. The Kier molecular flexibility index (Phi) is 5.69. The SMILES string of the molecule is Cc1ccc(NC(=O)C(=O)[C@H](C(=O)c2ccccc2)[C@H]2OC(=O)c3ccccc32)cc1C. The summed E-state index contributed by atoms with van der Waals surface area (Å²) >= 11 is 0. The quantitative estimate of drug-likeness (QED) is 0.275. The van der Waals surface area contributed by atoms with Gasteiger partial charge in [-0.2, -0.15) is 0 Å². The van der Waals surface area contributed by atoms with Gasteiger partial charge in [-0.3, -0.25) is 14.4 Å². The lowest BCUT2D eigenvalue weighted by Gasteiger charge is -2.21. The number of benzene rings is 3. The first-order valence-electron chi connectivity index (χ1n) is 10.2. The molecule has 3 aromatic carbocycles. The van der Waals surface area contributed by atoms with Crippen molar-refractivity contribution in [1.82, 2.24) is 0 Å². The fraction of sp³-hybridized carbons (Fsp3) is 0.154. The van der Waals surface area contributed by atoms with Gasteiger partial charge in [0.05, 0.1) is 5.56 Å². The van der Waals surface area contributed by atoms with Crippen molar-refractivity contribution in [3.05, 3.63) is 101 Å². The van der Waals surface area contributed by atoms with Crippen LogP contribution in [0.5, 0.6) is 0 Å². The standard InChI is InChI=1S/C26H21NO5/c1-15-12-13-18(14-16(15)2)27-25(30)23(29)21(22(28)17-8-4-3-5-9-17)24-19-10-6-7-11-20(19)26(31)32-24/h3-14,21,24H,1-2H3,(H,27,30)/t21-,24-/m0/s1. The average Bonchev–Trinajstić information content (AvgIpc) is 3.13. The molecule has 1 aliphatic rings. The van der Waals surface area contributed by atoms with Gasteiger partial charge in [0.25, 0.3) is 5.91 Å². The van der Waals surface area contributed by atoms with Crippen LogP contribution in [-0.2, 0) is 14.3 Å². The molecule has 0 saturated carbocycles. The van der Waals surface area contributed by atoms with Gasteiger partial charge in [-0.25, -0.2) is 4.79 Å². The molecule has 1 heterocycles. The molecule has 4 rings (SSSR count). The Labute approximate surface area is 185 Å². The lowest BCUT2D eigenvalue weighted by atomic mass is 9.84. The number of ether oxygens (including phenoxy) is 1. The minimum Gasteiger partial charge on any atom is -0.453 e. The topological polar surface area (TPSA) is 89.5 Å². The number of aryl methyl sites for hydroxylation is 2. The predicted octanol–water partition coefficient (Wildman–Crippen LogP) is 4.22. The number of carbonyl (C=O) groups is 4. The summed E-state index contributed by atoms with van der Waals surface area (Å²) in [5.74, 6) is -4.62. The number of cyclic esters (lactones) is 1. The van der Waals surface area contributed by atoms with E-state index in [0.717, 1.165) is 11.1 Å². The van der Waals surface area contributed by atoms with Gasteiger partial charge in [0, 0.05) is 16.8 Å². The van der Waals surface area contributed by atoms with E-state index in [1.54, 1.807) is 66.7 Å². The lowest BCUT2D eigenvalue weighted by molar-refractivity contribution is -0.138. The summed E-state index contributed by atoms with van der Waals surface area (Å²) in [6.07, 6.45) is -1.18. The molecule has 0 spiro atoms. The smallest absolute Gasteiger partial charge is 0.339 e. The monoisotopic (exact) mass is 427 g/mol. The molecule has 0 fully saturated rings. The van der Waals surface area contributed by atoms with Crippen LogP contribution < -0.4 is 5.32 Å². The molecule has 6 heteroatoms. The lowest BCUT2D eigenvalue weighted by Crippen LogP contribution is -2.38. The number of amides is 1. The third-order valence-electron chi connectivity index (χ3n) is 5.64. The number of rotatable bonds is 6. The summed E-state index contributed by atoms with van der Waals surface area (Å²) in [5, 5.41) is 2.57. The van der Waals surface area contributed by atoms with Crippen molar-refractivity contribution in [2.75, 3.05) is 5.32 Å². The molecule has 0 saturated heterocycles. The fourth-order valence-electron chi connectivity index (χ4n) is 3.75. The Morgan fingerprint density at radius 2 is 1.56 bits per heavy atom. The Morgan fingerprint density at radius 3 is 2.28 bits per heavy atom. The van der Waals surface area contributed by atoms with Crippen molar-refractivity contribution >= 4 is 29.1 Å². The number of Topliss-reactive ketones (excluding diaryl/α,β-unsaturated/α-hetero) is 2. The third-order valence-corrected chi connectivity index (χ3v) is 5.64. The van der Waals surface area contributed by atoms with E-state index in [-0.39, 0.29) is 11.1 Å². The van der Waals surface area contributed by atoms with Crippen LogP contribution in [0.2, 0.25) is 0 Å². The summed E-state index contributed by atoms with van der Waals surface area (Å²) in [6, 6.07) is 20.0. The van der Waals surface area contributed by atoms with Crippen LogP contribution in [0.25, 0.3) is 0 Å². The highest BCUT2D eigenvalue weighted by Gasteiger charge is 2.46.